The lowest BCUT2D eigenvalue weighted by Crippen LogP contribution is -2.29. The Kier molecular flexibility index (Phi) is 4.12. The summed E-state index contributed by atoms with van der Waals surface area (Å²) in [6.07, 6.45) is 0. The fraction of sp³-hybridized carbons (Fsp3) is 0.583. The van der Waals surface area contributed by atoms with Crippen LogP contribution in [0.2, 0.25) is 0 Å². The Morgan fingerprint density at radius 2 is 2.19 bits per heavy atom. The molecule has 4 heteroatoms. The van der Waals surface area contributed by atoms with Crippen LogP contribution in [-0.2, 0) is 6.54 Å². The van der Waals surface area contributed by atoms with Gasteiger partial charge in [0.05, 0.1) is 6.54 Å². The van der Waals surface area contributed by atoms with E-state index in [2.05, 4.69) is 25.7 Å². The van der Waals surface area contributed by atoms with E-state index in [9.17, 15) is 4.79 Å². The second-order valence-corrected chi connectivity index (χ2v) is 4.14. The van der Waals surface area contributed by atoms with Gasteiger partial charge in [0.1, 0.15) is 17.1 Å². The van der Waals surface area contributed by atoms with Gasteiger partial charge in [-0.1, -0.05) is 6.92 Å². The summed E-state index contributed by atoms with van der Waals surface area (Å²) in [5.74, 6) is 0.257. The minimum atomic E-state index is -0.930. The number of hydrogen-bond acceptors (Lipinski definition) is 3. The molecular formula is C12H19NO3. The molecule has 90 valence electrons. The number of nitrogens with zero attached hydrogens (tertiary/aromatic N) is 1. The molecule has 0 bridgehead atoms. The molecule has 0 aliphatic carbocycles. The highest BCUT2D eigenvalue weighted by Crippen LogP contribution is 2.17. The van der Waals surface area contributed by atoms with Crippen molar-refractivity contribution in [2.75, 3.05) is 6.54 Å². The Bertz CT molecular complexity index is 368. The van der Waals surface area contributed by atoms with Crippen LogP contribution in [0, 0.1) is 6.92 Å². The molecule has 0 aromatic carbocycles. The van der Waals surface area contributed by atoms with Gasteiger partial charge >= 0.3 is 5.97 Å². The minimum absolute atomic E-state index is 0.259. The molecule has 0 atom stereocenters. The van der Waals surface area contributed by atoms with E-state index in [1.54, 1.807) is 13.0 Å². The van der Waals surface area contributed by atoms with Crippen LogP contribution in [0.3, 0.4) is 0 Å². The fourth-order valence-corrected chi connectivity index (χ4v) is 1.69. The first kappa shape index (κ1) is 12.8. The number of aromatic carboxylic acids is 1. The van der Waals surface area contributed by atoms with Crippen molar-refractivity contribution in [2.45, 2.75) is 40.3 Å². The maximum absolute atomic E-state index is 10.9. The molecule has 0 saturated carbocycles. The van der Waals surface area contributed by atoms with Crippen LogP contribution in [0.25, 0.3) is 0 Å². The van der Waals surface area contributed by atoms with Crippen molar-refractivity contribution in [3.05, 3.63) is 23.2 Å². The van der Waals surface area contributed by atoms with Gasteiger partial charge in [-0.05, 0) is 33.4 Å². The maximum Gasteiger partial charge on any atom is 0.339 e. The first-order chi connectivity index (χ1) is 7.45. The number of carboxylic acids is 1. The molecule has 1 N–H and O–H groups in total. The van der Waals surface area contributed by atoms with Crippen molar-refractivity contribution in [2.24, 2.45) is 0 Å². The minimum Gasteiger partial charge on any atom is -0.478 e. The van der Waals surface area contributed by atoms with Crippen LogP contribution < -0.4 is 0 Å². The van der Waals surface area contributed by atoms with E-state index in [1.807, 2.05) is 0 Å². The zero-order valence-corrected chi connectivity index (χ0v) is 10.3. The molecule has 0 aliphatic rings. The van der Waals surface area contributed by atoms with Crippen molar-refractivity contribution < 1.29 is 14.3 Å². The van der Waals surface area contributed by atoms with Gasteiger partial charge in [0.25, 0.3) is 0 Å². The average Bonchev–Trinajstić information content (AvgIpc) is 2.55. The van der Waals surface area contributed by atoms with Gasteiger partial charge in [0.15, 0.2) is 0 Å². The van der Waals surface area contributed by atoms with Crippen molar-refractivity contribution in [3.63, 3.8) is 0 Å². The molecule has 0 unspecified atom stereocenters. The monoisotopic (exact) mass is 225 g/mol. The summed E-state index contributed by atoms with van der Waals surface area (Å²) in [6.45, 7) is 9.55. The van der Waals surface area contributed by atoms with E-state index in [0.29, 0.717) is 24.1 Å². The van der Waals surface area contributed by atoms with E-state index >= 15 is 0 Å². The molecule has 0 spiro atoms. The lowest BCUT2D eigenvalue weighted by molar-refractivity contribution is 0.0695. The predicted molar refractivity (Wildman–Crippen MR) is 61.6 cm³/mol. The summed E-state index contributed by atoms with van der Waals surface area (Å²) in [5, 5.41) is 8.91. The SMILES string of the molecule is CCN(Cc1cc(C(=O)O)c(C)o1)C(C)C. The Labute approximate surface area is 95.9 Å². The first-order valence-corrected chi connectivity index (χ1v) is 5.52. The number of carbonyl (C=O) groups is 1. The van der Waals surface area contributed by atoms with Gasteiger partial charge in [-0.25, -0.2) is 4.79 Å². The number of aryl methyl sites for hydroxylation is 1. The Hall–Kier alpha value is -1.29. The summed E-state index contributed by atoms with van der Waals surface area (Å²) in [5.41, 5.74) is 0.259. The van der Waals surface area contributed by atoms with Gasteiger partial charge < -0.3 is 9.52 Å². The molecule has 1 aromatic rings. The topological polar surface area (TPSA) is 53.7 Å². The van der Waals surface area contributed by atoms with E-state index in [4.69, 9.17) is 9.52 Å². The number of hydrogen-bond donors (Lipinski definition) is 1. The standard InChI is InChI=1S/C12H19NO3/c1-5-13(8(2)3)7-10-6-11(12(14)15)9(4)16-10/h6,8H,5,7H2,1-4H3,(H,14,15). The average molecular weight is 225 g/mol. The van der Waals surface area contributed by atoms with Gasteiger partial charge in [-0.2, -0.15) is 0 Å². The second-order valence-electron chi connectivity index (χ2n) is 4.14. The number of carboxylic acid groups (broad SMARTS) is 1. The van der Waals surface area contributed by atoms with Crippen LogP contribution in [-0.4, -0.2) is 28.6 Å². The largest absolute Gasteiger partial charge is 0.478 e. The van der Waals surface area contributed by atoms with E-state index in [0.717, 1.165) is 6.54 Å². The van der Waals surface area contributed by atoms with Gasteiger partial charge in [0.2, 0.25) is 0 Å². The van der Waals surface area contributed by atoms with E-state index in [-0.39, 0.29) is 5.56 Å². The first-order valence-electron chi connectivity index (χ1n) is 5.52. The molecule has 0 radical (unpaired) electrons. The molecule has 16 heavy (non-hydrogen) atoms. The van der Waals surface area contributed by atoms with E-state index < -0.39 is 5.97 Å². The quantitative estimate of drug-likeness (QED) is 0.836. The maximum atomic E-state index is 10.9. The van der Waals surface area contributed by atoms with Crippen molar-refractivity contribution in [3.8, 4) is 0 Å². The smallest absolute Gasteiger partial charge is 0.339 e. The summed E-state index contributed by atoms with van der Waals surface area (Å²) in [4.78, 5) is 13.1. The Balaban J connectivity index is 2.82. The third-order valence-electron chi connectivity index (χ3n) is 2.69. The van der Waals surface area contributed by atoms with Crippen LogP contribution in [0.1, 0.15) is 42.6 Å². The molecular weight excluding hydrogens is 206 g/mol. The number of rotatable bonds is 5. The lowest BCUT2D eigenvalue weighted by Gasteiger charge is -2.23. The van der Waals surface area contributed by atoms with Crippen LogP contribution in [0.5, 0.6) is 0 Å². The van der Waals surface area contributed by atoms with Crippen molar-refractivity contribution in [1.82, 2.24) is 4.90 Å². The molecule has 1 rings (SSSR count). The van der Waals surface area contributed by atoms with Crippen LogP contribution >= 0.6 is 0 Å². The number of furan rings is 1. The third-order valence-corrected chi connectivity index (χ3v) is 2.69. The van der Waals surface area contributed by atoms with Gasteiger partial charge in [-0.15, -0.1) is 0 Å². The van der Waals surface area contributed by atoms with Crippen LogP contribution in [0.4, 0.5) is 0 Å². The normalized spacial score (nSPS) is 11.4. The molecule has 0 amide bonds. The van der Waals surface area contributed by atoms with Gasteiger partial charge in [-0.3, -0.25) is 4.90 Å². The fourth-order valence-electron chi connectivity index (χ4n) is 1.69. The highest BCUT2D eigenvalue weighted by atomic mass is 16.4. The summed E-state index contributed by atoms with van der Waals surface area (Å²) in [7, 11) is 0. The zero-order chi connectivity index (χ0) is 12.3. The molecule has 4 nitrogen and oxygen atoms in total. The third kappa shape index (κ3) is 2.85. The highest BCUT2D eigenvalue weighted by Gasteiger charge is 2.16. The van der Waals surface area contributed by atoms with Crippen LogP contribution in [0.15, 0.2) is 10.5 Å². The molecule has 0 aliphatic heterocycles. The predicted octanol–water partition coefficient (Wildman–Crippen LogP) is 2.52. The Morgan fingerprint density at radius 3 is 2.56 bits per heavy atom. The second kappa shape index (κ2) is 5.16. The highest BCUT2D eigenvalue weighted by molar-refractivity contribution is 5.88. The molecule has 0 saturated heterocycles. The molecule has 0 fully saturated rings. The van der Waals surface area contributed by atoms with Crippen molar-refractivity contribution >= 4 is 5.97 Å². The zero-order valence-electron chi connectivity index (χ0n) is 10.3. The summed E-state index contributed by atoms with van der Waals surface area (Å²) >= 11 is 0. The Morgan fingerprint density at radius 1 is 1.56 bits per heavy atom. The molecule has 1 heterocycles. The van der Waals surface area contributed by atoms with Gasteiger partial charge in [0, 0.05) is 6.04 Å². The lowest BCUT2D eigenvalue weighted by atomic mass is 10.2. The van der Waals surface area contributed by atoms with Crippen molar-refractivity contribution in [1.29, 1.82) is 0 Å². The van der Waals surface area contributed by atoms with E-state index in [1.165, 1.54) is 0 Å². The molecule has 1 aromatic heterocycles. The summed E-state index contributed by atoms with van der Waals surface area (Å²) < 4.78 is 5.44. The summed E-state index contributed by atoms with van der Waals surface area (Å²) in [6, 6.07) is 2.03.